The largest absolute Gasteiger partial charge is 0.465 e. The van der Waals surface area contributed by atoms with Crippen molar-refractivity contribution in [3.05, 3.63) is 83.4 Å². The van der Waals surface area contributed by atoms with Gasteiger partial charge in [-0.25, -0.2) is 9.59 Å². The normalized spacial score (nSPS) is 10.0. The lowest BCUT2D eigenvalue weighted by Gasteiger charge is -2.15. The Morgan fingerprint density at radius 1 is 0.750 bits per heavy atom. The Bertz CT molecular complexity index is 1060. The van der Waals surface area contributed by atoms with Gasteiger partial charge in [0.2, 0.25) is 0 Å². The minimum absolute atomic E-state index is 0.119. The van der Waals surface area contributed by atoms with E-state index in [0.717, 1.165) is 22.3 Å². The molecule has 3 aromatic carbocycles. The van der Waals surface area contributed by atoms with Crippen LogP contribution in [-0.4, -0.2) is 26.2 Å². The molecule has 0 saturated heterocycles. The Morgan fingerprint density at radius 2 is 1.21 bits per heavy atom. The van der Waals surface area contributed by atoms with Crippen LogP contribution in [0.15, 0.2) is 66.7 Å². The Hall–Kier alpha value is -3.91. The van der Waals surface area contributed by atoms with Gasteiger partial charge in [0.25, 0.3) is 0 Å². The van der Waals surface area contributed by atoms with E-state index in [2.05, 4.69) is 6.07 Å². The van der Waals surface area contributed by atoms with Crippen LogP contribution < -0.4 is 0 Å². The van der Waals surface area contributed by atoms with Gasteiger partial charge in [0, 0.05) is 0 Å². The summed E-state index contributed by atoms with van der Waals surface area (Å²) in [5.41, 5.74) is 3.97. The summed E-state index contributed by atoms with van der Waals surface area (Å²) >= 11 is 0. The molecule has 3 aromatic rings. The summed E-state index contributed by atoms with van der Waals surface area (Å²) in [7, 11) is 2.52. The van der Waals surface area contributed by atoms with Crippen molar-refractivity contribution in [3.8, 4) is 28.3 Å². The van der Waals surface area contributed by atoms with Gasteiger partial charge in [-0.3, -0.25) is 0 Å². The van der Waals surface area contributed by atoms with Crippen molar-refractivity contribution in [1.29, 1.82) is 5.26 Å². The number of hydrogen-bond donors (Lipinski definition) is 0. The number of rotatable bonds is 4. The van der Waals surface area contributed by atoms with E-state index in [1.807, 2.05) is 30.3 Å². The number of nitrogens with zero attached hydrogens (tertiary/aromatic N) is 1. The van der Waals surface area contributed by atoms with Crippen LogP contribution in [0.3, 0.4) is 0 Å². The maximum atomic E-state index is 12.3. The Kier molecular flexibility index (Phi) is 5.52. The number of benzene rings is 3. The lowest BCUT2D eigenvalue weighted by Crippen LogP contribution is -2.12. The van der Waals surface area contributed by atoms with Crippen molar-refractivity contribution in [2.45, 2.75) is 0 Å². The first-order valence-corrected chi connectivity index (χ1v) is 8.49. The molecular weight excluding hydrogens is 354 g/mol. The van der Waals surface area contributed by atoms with E-state index >= 15 is 0 Å². The standard InChI is InChI=1S/C23H17NO4/c1-27-22(25)20-12-18(16-6-4-3-5-7-16)19(13-21(20)23(26)28-2)17-10-8-15(14-24)9-11-17/h3-13H,1-2H3. The molecule has 0 saturated carbocycles. The van der Waals surface area contributed by atoms with Crippen LogP contribution in [0.1, 0.15) is 26.3 Å². The monoisotopic (exact) mass is 371 g/mol. The highest BCUT2D eigenvalue weighted by Gasteiger charge is 2.22. The van der Waals surface area contributed by atoms with E-state index in [9.17, 15) is 9.59 Å². The SMILES string of the molecule is COC(=O)c1cc(-c2ccccc2)c(-c2ccc(C#N)cc2)cc1C(=O)OC. The summed E-state index contributed by atoms with van der Waals surface area (Å²) in [4.78, 5) is 24.6. The van der Waals surface area contributed by atoms with E-state index < -0.39 is 11.9 Å². The van der Waals surface area contributed by atoms with Gasteiger partial charge in [-0.2, -0.15) is 5.26 Å². The highest BCUT2D eigenvalue weighted by Crippen LogP contribution is 2.35. The number of nitriles is 1. The summed E-state index contributed by atoms with van der Waals surface area (Å²) in [5.74, 6) is -1.25. The molecule has 0 amide bonds. The zero-order valence-electron chi connectivity index (χ0n) is 15.4. The van der Waals surface area contributed by atoms with Crippen LogP contribution in [-0.2, 0) is 9.47 Å². The van der Waals surface area contributed by atoms with Crippen LogP contribution >= 0.6 is 0 Å². The molecule has 5 heteroatoms. The molecule has 0 spiro atoms. The second-order valence-corrected chi connectivity index (χ2v) is 5.98. The predicted octanol–water partition coefficient (Wildman–Crippen LogP) is 4.47. The quantitative estimate of drug-likeness (QED) is 0.633. The summed E-state index contributed by atoms with van der Waals surface area (Å²) in [6.45, 7) is 0. The van der Waals surface area contributed by atoms with Crippen molar-refractivity contribution in [2.75, 3.05) is 14.2 Å². The molecule has 3 rings (SSSR count). The summed E-state index contributed by atoms with van der Waals surface area (Å²) < 4.78 is 9.71. The number of carbonyl (C=O) groups is 2. The smallest absolute Gasteiger partial charge is 0.338 e. The zero-order valence-corrected chi connectivity index (χ0v) is 15.4. The summed E-state index contributed by atoms with van der Waals surface area (Å²) in [5, 5.41) is 9.04. The van der Waals surface area contributed by atoms with Crippen LogP contribution in [0.2, 0.25) is 0 Å². The van der Waals surface area contributed by atoms with E-state index in [4.69, 9.17) is 14.7 Å². The fraction of sp³-hybridized carbons (Fsp3) is 0.0870. The number of esters is 2. The fourth-order valence-corrected chi connectivity index (χ4v) is 2.98. The first-order valence-electron chi connectivity index (χ1n) is 8.49. The highest BCUT2D eigenvalue weighted by atomic mass is 16.5. The van der Waals surface area contributed by atoms with E-state index in [-0.39, 0.29) is 11.1 Å². The van der Waals surface area contributed by atoms with Crippen molar-refractivity contribution >= 4 is 11.9 Å². The molecule has 5 nitrogen and oxygen atoms in total. The van der Waals surface area contributed by atoms with Gasteiger partial charge >= 0.3 is 11.9 Å². The molecule has 138 valence electrons. The average molecular weight is 371 g/mol. The molecule has 0 aromatic heterocycles. The van der Waals surface area contributed by atoms with Gasteiger partial charge < -0.3 is 9.47 Å². The highest BCUT2D eigenvalue weighted by molar-refractivity contribution is 6.06. The molecule has 0 unspecified atom stereocenters. The number of carbonyl (C=O) groups excluding carboxylic acids is 2. The molecule has 0 bridgehead atoms. The van der Waals surface area contributed by atoms with Crippen LogP contribution in [0.5, 0.6) is 0 Å². The van der Waals surface area contributed by atoms with Crippen LogP contribution in [0.4, 0.5) is 0 Å². The molecule has 0 atom stereocenters. The van der Waals surface area contributed by atoms with Crippen LogP contribution in [0.25, 0.3) is 22.3 Å². The van der Waals surface area contributed by atoms with E-state index in [1.165, 1.54) is 14.2 Å². The molecule has 28 heavy (non-hydrogen) atoms. The molecule has 0 aliphatic heterocycles. The second kappa shape index (κ2) is 8.19. The van der Waals surface area contributed by atoms with Gasteiger partial charge in [-0.15, -0.1) is 0 Å². The third kappa shape index (κ3) is 3.62. The van der Waals surface area contributed by atoms with Crippen molar-refractivity contribution < 1.29 is 19.1 Å². The fourth-order valence-electron chi connectivity index (χ4n) is 2.98. The minimum atomic E-state index is -0.630. The number of ether oxygens (including phenoxy) is 2. The van der Waals surface area contributed by atoms with Crippen molar-refractivity contribution in [1.82, 2.24) is 0 Å². The van der Waals surface area contributed by atoms with Gasteiger partial charge in [-0.05, 0) is 46.5 Å². The maximum absolute atomic E-state index is 12.3. The first kappa shape index (κ1) is 18.9. The van der Waals surface area contributed by atoms with Crippen molar-refractivity contribution in [2.24, 2.45) is 0 Å². The van der Waals surface area contributed by atoms with Gasteiger partial charge in [0.05, 0.1) is 37.0 Å². The predicted molar refractivity (Wildman–Crippen MR) is 105 cm³/mol. The van der Waals surface area contributed by atoms with E-state index in [1.54, 1.807) is 36.4 Å². The third-order valence-corrected chi connectivity index (χ3v) is 4.38. The first-order chi connectivity index (χ1) is 13.6. The molecular formula is C23H17NO4. The molecule has 0 aliphatic carbocycles. The van der Waals surface area contributed by atoms with Gasteiger partial charge in [0.15, 0.2) is 0 Å². The summed E-state index contributed by atoms with van der Waals surface area (Å²) in [6.07, 6.45) is 0. The Morgan fingerprint density at radius 3 is 1.64 bits per heavy atom. The minimum Gasteiger partial charge on any atom is -0.465 e. The average Bonchev–Trinajstić information content (AvgIpc) is 2.77. The van der Waals surface area contributed by atoms with Gasteiger partial charge in [-0.1, -0.05) is 42.5 Å². The third-order valence-electron chi connectivity index (χ3n) is 4.38. The zero-order chi connectivity index (χ0) is 20.1. The lowest BCUT2D eigenvalue weighted by molar-refractivity contribution is 0.0555. The molecule has 0 heterocycles. The van der Waals surface area contributed by atoms with E-state index in [0.29, 0.717) is 5.56 Å². The van der Waals surface area contributed by atoms with Crippen LogP contribution in [0, 0.1) is 11.3 Å². The maximum Gasteiger partial charge on any atom is 0.338 e. The topological polar surface area (TPSA) is 76.4 Å². The number of methoxy groups -OCH3 is 2. The second-order valence-electron chi connectivity index (χ2n) is 5.98. The molecule has 0 fully saturated rings. The van der Waals surface area contributed by atoms with Gasteiger partial charge in [0.1, 0.15) is 0 Å². The summed E-state index contributed by atoms with van der Waals surface area (Å²) in [6, 6.07) is 21.9. The Balaban J connectivity index is 2.32. The molecule has 0 radical (unpaired) electrons. The molecule has 0 aliphatic rings. The Labute approximate surface area is 162 Å². The lowest BCUT2D eigenvalue weighted by atomic mass is 9.89. The number of hydrogen-bond acceptors (Lipinski definition) is 5. The van der Waals surface area contributed by atoms with Crippen molar-refractivity contribution in [3.63, 3.8) is 0 Å². The molecule has 0 N–H and O–H groups in total.